The summed E-state index contributed by atoms with van der Waals surface area (Å²) in [5, 5.41) is 19.8. The summed E-state index contributed by atoms with van der Waals surface area (Å²) in [7, 11) is 2.06. The summed E-state index contributed by atoms with van der Waals surface area (Å²) < 4.78 is 5.75. The fourth-order valence-corrected chi connectivity index (χ4v) is 2.86. The topological polar surface area (TPSA) is 52.9 Å². The number of aromatic hydroxyl groups is 1. The smallest absolute Gasteiger partial charge is 0.165 e. The molecule has 1 aromatic rings. The van der Waals surface area contributed by atoms with Crippen LogP contribution >= 0.6 is 0 Å². The van der Waals surface area contributed by atoms with E-state index in [1.807, 2.05) is 12.1 Å². The molecule has 0 amide bonds. The Kier molecular flexibility index (Phi) is 2.99. The maximum absolute atomic E-state index is 9.94. The van der Waals surface area contributed by atoms with E-state index in [-0.39, 0.29) is 17.8 Å². The summed E-state index contributed by atoms with van der Waals surface area (Å²) in [5.74, 6) is 0.755. The lowest BCUT2D eigenvalue weighted by Crippen LogP contribution is -2.26. The quantitative estimate of drug-likeness (QED) is 0.812. The Bertz CT molecular complexity index is 526. The molecule has 1 heterocycles. The van der Waals surface area contributed by atoms with Gasteiger partial charge in [-0.2, -0.15) is 0 Å². The summed E-state index contributed by atoms with van der Waals surface area (Å²) >= 11 is 0. The van der Waals surface area contributed by atoms with Gasteiger partial charge in [-0.25, -0.2) is 0 Å². The maximum Gasteiger partial charge on any atom is 0.165 e. The Morgan fingerprint density at radius 2 is 2.11 bits per heavy atom. The molecule has 2 aliphatic rings. The van der Waals surface area contributed by atoms with Crippen LogP contribution < -0.4 is 4.74 Å². The van der Waals surface area contributed by atoms with Gasteiger partial charge < -0.3 is 19.8 Å². The summed E-state index contributed by atoms with van der Waals surface area (Å²) in [6.07, 6.45) is 2.88. The molecule has 1 aliphatic heterocycles. The Labute approximate surface area is 112 Å². The molecular weight excluding hydrogens is 242 g/mol. The largest absolute Gasteiger partial charge is 0.504 e. The molecule has 0 spiro atoms. The maximum atomic E-state index is 9.94. The van der Waals surface area contributed by atoms with Crippen LogP contribution in [0.15, 0.2) is 24.3 Å². The van der Waals surface area contributed by atoms with Gasteiger partial charge >= 0.3 is 0 Å². The van der Waals surface area contributed by atoms with E-state index in [0.717, 1.165) is 24.2 Å². The van der Waals surface area contributed by atoms with Crippen molar-refractivity contribution in [2.75, 3.05) is 13.6 Å². The van der Waals surface area contributed by atoms with Gasteiger partial charge in [0, 0.05) is 18.0 Å². The number of aliphatic hydroxyl groups excluding tert-OH is 1. The summed E-state index contributed by atoms with van der Waals surface area (Å²) in [6.45, 7) is 3.89. The van der Waals surface area contributed by atoms with Gasteiger partial charge in [0.05, 0.1) is 0 Å². The van der Waals surface area contributed by atoms with Crippen molar-refractivity contribution in [2.45, 2.75) is 31.6 Å². The number of benzene rings is 1. The van der Waals surface area contributed by atoms with Crippen molar-refractivity contribution in [3.05, 3.63) is 35.4 Å². The van der Waals surface area contributed by atoms with Gasteiger partial charge in [0.1, 0.15) is 12.2 Å². The summed E-state index contributed by atoms with van der Waals surface area (Å²) in [6, 6.07) is 3.62. The van der Waals surface area contributed by atoms with Crippen LogP contribution in [0.4, 0.5) is 0 Å². The Hall–Kier alpha value is -1.52. The fourth-order valence-electron chi connectivity index (χ4n) is 2.86. The minimum atomic E-state index is -0.589. The third-order valence-electron chi connectivity index (χ3n) is 4.04. The average Bonchev–Trinajstić information content (AvgIpc) is 2.94. The van der Waals surface area contributed by atoms with E-state index in [2.05, 4.69) is 18.9 Å². The van der Waals surface area contributed by atoms with Gasteiger partial charge in [0.2, 0.25) is 0 Å². The second kappa shape index (κ2) is 4.54. The molecule has 4 heteroatoms. The number of nitrogens with zero attached hydrogens (tertiary/aromatic N) is 1. The zero-order valence-electron chi connectivity index (χ0n) is 11.2. The number of fused-ring (bicyclic) bond motifs is 3. The molecule has 19 heavy (non-hydrogen) atoms. The molecule has 0 radical (unpaired) electrons. The Morgan fingerprint density at radius 3 is 2.84 bits per heavy atom. The minimum absolute atomic E-state index is 0.0531. The first kappa shape index (κ1) is 12.5. The van der Waals surface area contributed by atoms with Crippen LogP contribution in [-0.2, 0) is 6.54 Å². The van der Waals surface area contributed by atoms with Crippen molar-refractivity contribution in [1.29, 1.82) is 0 Å². The van der Waals surface area contributed by atoms with Crippen molar-refractivity contribution in [2.24, 2.45) is 0 Å². The van der Waals surface area contributed by atoms with Crippen molar-refractivity contribution in [1.82, 2.24) is 4.90 Å². The van der Waals surface area contributed by atoms with Crippen LogP contribution in [0.2, 0.25) is 0 Å². The Morgan fingerprint density at radius 1 is 1.32 bits per heavy atom. The fraction of sp³-hybridized carbons (Fsp3) is 0.467. The van der Waals surface area contributed by atoms with E-state index < -0.39 is 6.10 Å². The Balaban J connectivity index is 2.02. The molecule has 3 atom stereocenters. The van der Waals surface area contributed by atoms with Gasteiger partial charge in [-0.15, -0.1) is 0 Å². The van der Waals surface area contributed by atoms with Crippen LogP contribution in [0.3, 0.4) is 0 Å². The monoisotopic (exact) mass is 261 g/mol. The first-order valence-electron chi connectivity index (χ1n) is 6.68. The van der Waals surface area contributed by atoms with Gasteiger partial charge in [0.25, 0.3) is 0 Å². The zero-order valence-corrected chi connectivity index (χ0v) is 11.2. The SMILES string of the molecule is CCN(C)Cc1ccc(O)c2c1[C@@H]1C=C[C@H](O)[C@H]1O2. The van der Waals surface area contributed by atoms with E-state index in [1.54, 1.807) is 12.1 Å². The summed E-state index contributed by atoms with van der Waals surface area (Å²) in [5.41, 5.74) is 2.18. The lowest BCUT2D eigenvalue weighted by molar-refractivity contribution is 0.0837. The van der Waals surface area contributed by atoms with Gasteiger partial charge in [-0.3, -0.25) is 0 Å². The molecule has 0 aromatic heterocycles. The predicted octanol–water partition coefficient (Wildman–Crippen LogP) is 1.62. The number of phenols is 1. The normalized spacial score (nSPS) is 27.5. The second-order valence-corrected chi connectivity index (χ2v) is 5.30. The lowest BCUT2D eigenvalue weighted by atomic mass is 9.92. The number of hydrogen-bond acceptors (Lipinski definition) is 4. The molecule has 1 aromatic carbocycles. The van der Waals surface area contributed by atoms with Crippen LogP contribution in [-0.4, -0.2) is 40.9 Å². The lowest BCUT2D eigenvalue weighted by Gasteiger charge is -2.17. The molecule has 102 valence electrons. The minimum Gasteiger partial charge on any atom is -0.504 e. The third kappa shape index (κ3) is 1.91. The van der Waals surface area contributed by atoms with Crippen molar-refractivity contribution >= 4 is 0 Å². The van der Waals surface area contributed by atoms with Crippen molar-refractivity contribution < 1.29 is 14.9 Å². The first-order valence-corrected chi connectivity index (χ1v) is 6.68. The highest BCUT2D eigenvalue weighted by Crippen LogP contribution is 2.49. The van der Waals surface area contributed by atoms with Gasteiger partial charge in [-0.1, -0.05) is 25.1 Å². The van der Waals surface area contributed by atoms with Crippen LogP contribution in [0.25, 0.3) is 0 Å². The number of ether oxygens (including phenoxy) is 1. The molecule has 2 N–H and O–H groups in total. The molecular formula is C15H19NO3. The molecule has 1 aliphatic carbocycles. The number of rotatable bonds is 3. The molecule has 4 nitrogen and oxygen atoms in total. The van der Waals surface area contributed by atoms with Gasteiger partial charge in [0.15, 0.2) is 11.5 Å². The van der Waals surface area contributed by atoms with E-state index in [1.165, 1.54) is 0 Å². The van der Waals surface area contributed by atoms with Gasteiger partial charge in [-0.05, 0) is 25.2 Å². The molecule has 0 unspecified atom stereocenters. The number of aliphatic hydroxyl groups is 1. The molecule has 0 bridgehead atoms. The summed E-state index contributed by atoms with van der Waals surface area (Å²) in [4.78, 5) is 2.20. The van der Waals surface area contributed by atoms with Crippen LogP contribution in [0.1, 0.15) is 24.0 Å². The average molecular weight is 261 g/mol. The highest BCUT2D eigenvalue weighted by atomic mass is 16.5. The molecule has 0 saturated carbocycles. The van der Waals surface area contributed by atoms with E-state index in [4.69, 9.17) is 4.74 Å². The number of phenolic OH excluding ortho intramolecular Hbond substituents is 1. The standard InChI is InChI=1S/C15H19NO3/c1-3-16(2)8-9-4-6-12(18)15-13(9)10-5-7-11(17)14(10)19-15/h4-7,10-11,14,17-18H,3,8H2,1-2H3/t10-,11-,14-/m0/s1. The van der Waals surface area contributed by atoms with Crippen molar-refractivity contribution in [3.63, 3.8) is 0 Å². The van der Waals surface area contributed by atoms with E-state index in [9.17, 15) is 10.2 Å². The van der Waals surface area contributed by atoms with E-state index in [0.29, 0.717) is 5.75 Å². The van der Waals surface area contributed by atoms with Crippen LogP contribution in [0.5, 0.6) is 11.5 Å². The van der Waals surface area contributed by atoms with Crippen LogP contribution in [0, 0.1) is 0 Å². The van der Waals surface area contributed by atoms with E-state index >= 15 is 0 Å². The molecule has 0 saturated heterocycles. The second-order valence-electron chi connectivity index (χ2n) is 5.30. The highest BCUT2D eigenvalue weighted by Gasteiger charge is 2.43. The molecule has 0 fully saturated rings. The number of hydrogen-bond donors (Lipinski definition) is 2. The molecule has 3 rings (SSSR count). The highest BCUT2D eigenvalue weighted by molar-refractivity contribution is 5.57. The first-order chi connectivity index (χ1) is 9.11. The van der Waals surface area contributed by atoms with Crippen molar-refractivity contribution in [3.8, 4) is 11.5 Å². The predicted molar refractivity (Wildman–Crippen MR) is 72.4 cm³/mol. The third-order valence-corrected chi connectivity index (χ3v) is 4.04. The zero-order chi connectivity index (χ0) is 13.6.